The van der Waals surface area contributed by atoms with E-state index in [0.29, 0.717) is 5.96 Å². The van der Waals surface area contributed by atoms with Crippen molar-refractivity contribution in [2.45, 2.75) is 26.2 Å². The molecule has 96 valence electrons. The van der Waals surface area contributed by atoms with Crippen molar-refractivity contribution in [2.24, 2.45) is 16.6 Å². The van der Waals surface area contributed by atoms with Crippen molar-refractivity contribution in [1.82, 2.24) is 4.90 Å². The molecule has 0 aliphatic carbocycles. The third-order valence-corrected chi connectivity index (χ3v) is 2.92. The van der Waals surface area contributed by atoms with E-state index in [1.165, 1.54) is 19.3 Å². The molecule has 1 rings (SSSR count). The van der Waals surface area contributed by atoms with E-state index in [1.807, 2.05) is 18.9 Å². The Kier molecular flexibility index (Phi) is 9.02. The van der Waals surface area contributed by atoms with Gasteiger partial charge in [-0.2, -0.15) is 0 Å². The maximum absolute atomic E-state index is 5.79. The van der Waals surface area contributed by atoms with Gasteiger partial charge in [-0.05, 0) is 32.1 Å². The van der Waals surface area contributed by atoms with Crippen molar-refractivity contribution in [3.8, 4) is 0 Å². The van der Waals surface area contributed by atoms with Crippen molar-refractivity contribution in [3.05, 3.63) is 0 Å². The van der Waals surface area contributed by atoms with Gasteiger partial charge in [0.25, 0.3) is 0 Å². The highest BCUT2D eigenvalue weighted by molar-refractivity contribution is 14.0. The first kappa shape index (κ1) is 16.0. The van der Waals surface area contributed by atoms with Gasteiger partial charge in [0.2, 0.25) is 0 Å². The fourth-order valence-corrected chi connectivity index (χ4v) is 1.81. The number of rotatable bonds is 4. The Bertz CT molecular complexity index is 205. The number of halogens is 1. The lowest BCUT2D eigenvalue weighted by atomic mass is 9.96. The Labute approximate surface area is 116 Å². The Hall–Kier alpha value is -0.0400. The summed E-state index contributed by atoms with van der Waals surface area (Å²) in [6, 6.07) is 0. The Morgan fingerprint density at radius 1 is 1.44 bits per heavy atom. The van der Waals surface area contributed by atoms with E-state index < -0.39 is 0 Å². The lowest BCUT2D eigenvalue weighted by Gasteiger charge is -2.25. The smallest absolute Gasteiger partial charge is 0.190 e. The molecule has 0 unspecified atom stereocenters. The molecule has 2 N–H and O–H groups in total. The van der Waals surface area contributed by atoms with Gasteiger partial charge in [0.05, 0.1) is 0 Å². The largest absolute Gasteiger partial charge is 0.381 e. The summed E-state index contributed by atoms with van der Waals surface area (Å²) in [5.41, 5.74) is 5.79. The molecule has 1 heterocycles. The van der Waals surface area contributed by atoms with Crippen molar-refractivity contribution in [1.29, 1.82) is 0 Å². The summed E-state index contributed by atoms with van der Waals surface area (Å²) < 4.78 is 5.33. The monoisotopic (exact) mass is 341 g/mol. The maximum atomic E-state index is 5.79. The van der Waals surface area contributed by atoms with Crippen LogP contribution >= 0.6 is 24.0 Å². The van der Waals surface area contributed by atoms with Crippen LogP contribution in [-0.2, 0) is 4.74 Å². The zero-order valence-electron chi connectivity index (χ0n) is 10.3. The lowest BCUT2D eigenvalue weighted by Crippen LogP contribution is -2.36. The van der Waals surface area contributed by atoms with Gasteiger partial charge >= 0.3 is 0 Å². The summed E-state index contributed by atoms with van der Waals surface area (Å²) in [6.07, 6.45) is 3.58. The molecular formula is C11H24IN3O. The number of ether oxygens (including phenoxy) is 1. The Morgan fingerprint density at radius 2 is 2.06 bits per heavy atom. The fourth-order valence-electron chi connectivity index (χ4n) is 1.81. The quantitative estimate of drug-likeness (QED) is 0.481. The average Bonchev–Trinajstić information content (AvgIpc) is 2.27. The van der Waals surface area contributed by atoms with Gasteiger partial charge in [-0.25, -0.2) is 0 Å². The molecule has 1 fully saturated rings. The molecule has 16 heavy (non-hydrogen) atoms. The zero-order valence-corrected chi connectivity index (χ0v) is 12.6. The van der Waals surface area contributed by atoms with E-state index in [1.54, 1.807) is 0 Å². The highest BCUT2D eigenvalue weighted by Crippen LogP contribution is 2.18. The first-order chi connectivity index (χ1) is 7.24. The van der Waals surface area contributed by atoms with Crippen LogP contribution in [-0.4, -0.2) is 44.2 Å². The van der Waals surface area contributed by atoms with E-state index in [0.717, 1.165) is 32.2 Å². The predicted octanol–water partition coefficient (Wildman–Crippen LogP) is 1.69. The highest BCUT2D eigenvalue weighted by Gasteiger charge is 2.14. The summed E-state index contributed by atoms with van der Waals surface area (Å²) in [5.74, 6) is 1.46. The number of hydrogen-bond acceptors (Lipinski definition) is 2. The predicted molar refractivity (Wildman–Crippen MR) is 78.4 cm³/mol. The SMILES string of the molecule is CCN=C(N)N(C)CCC1CCOCC1.I. The van der Waals surface area contributed by atoms with Crippen LogP contribution in [0.3, 0.4) is 0 Å². The summed E-state index contributed by atoms with van der Waals surface area (Å²) in [5, 5.41) is 0. The minimum Gasteiger partial charge on any atom is -0.381 e. The van der Waals surface area contributed by atoms with Crippen molar-refractivity contribution in [2.75, 3.05) is 33.4 Å². The van der Waals surface area contributed by atoms with Gasteiger partial charge in [-0.15, -0.1) is 24.0 Å². The minimum absolute atomic E-state index is 0. The molecule has 0 aromatic heterocycles. The van der Waals surface area contributed by atoms with Crippen molar-refractivity contribution < 1.29 is 4.74 Å². The van der Waals surface area contributed by atoms with E-state index in [9.17, 15) is 0 Å². The minimum atomic E-state index is 0. The zero-order chi connectivity index (χ0) is 11.1. The van der Waals surface area contributed by atoms with Gasteiger partial charge in [0, 0.05) is 33.4 Å². The van der Waals surface area contributed by atoms with E-state index in [-0.39, 0.29) is 24.0 Å². The van der Waals surface area contributed by atoms with Crippen LogP contribution in [0.15, 0.2) is 4.99 Å². The first-order valence-electron chi connectivity index (χ1n) is 5.82. The molecule has 0 aromatic carbocycles. The molecule has 0 radical (unpaired) electrons. The highest BCUT2D eigenvalue weighted by atomic mass is 127. The number of nitrogens with zero attached hydrogens (tertiary/aromatic N) is 2. The molecule has 0 spiro atoms. The van der Waals surface area contributed by atoms with Crippen molar-refractivity contribution >= 4 is 29.9 Å². The van der Waals surface area contributed by atoms with Crippen LogP contribution in [0.25, 0.3) is 0 Å². The lowest BCUT2D eigenvalue weighted by molar-refractivity contribution is 0.0626. The van der Waals surface area contributed by atoms with Crippen LogP contribution in [0.5, 0.6) is 0 Å². The normalized spacial score (nSPS) is 18.0. The van der Waals surface area contributed by atoms with Gasteiger partial charge < -0.3 is 15.4 Å². The fraction of sp³-hybridized carbons (Fsp3) is 0.909. The number of nitrogens with two attached hydrogens (primary N) is 1. The number of hydrogen-bond donors (Lipinski definition) is 1. The molecule has 0 bridgehead atoms. The molecule has 0 atom stereocenters. The van der Waals surface area contributed by atoms with Crippen LogP contribution in [0.4, 0.5) is 0 Å². The third kappa shape index (κ3) is 5.89. The standard InChI is InChI=1S/C11H23N3O.HI/c1-3-13-11(12)14(2)7-4-10-5-8-15-9-6-10;/h10H,3-9H2,1-2H3,(H2,12,13);1H. The van der Waals surface area contributed by atoms with Gasteiger partial charge in [0.15, 0.2) is 5.96 Å². The molecule has 0 aromatic rings. The third-order valence-electron chi connectivity index (χ3n) is 2.92. The van der Waals surface area contributed by atoms with Gasteiger partial charge in [-0.3, -0.25) is 4.99 Å². The second-order valence-corrected chi connectivity index (χ2v) is 4.10. The van der Waals surface area contributed by atoms with E-state index >= 15 is 0 Å². The molecule has 1 aliphatic rings. The van der Waals surface area contributed by atoms with Crippen LogP contribution in [0.1, 0.15) is 26.2 Å². The topological polar surface area (TPSA) is 50.8 Å². The summed E-state index contributed by atoms with van der Waals surface area (Å²) in [7, 11) is 2.01. The molecular weight excluding hydrogens is 317 g/mol. The maximum Gasteiger partial charge on any atom is 0.190 e. The van der Waals surface area contributed by atoms with Gasteiger partial charge in [-0.1, -0.05) is 0 Å². The molecule has 0 saturated carbocycles. The second kappa shape index (κ2) is 9.04. The number of guanidine groups is 1. The summed E-state index contributed by atoms with van der Waals surface area (Å²) >= 11 is 0. The Balaban J connectivity index is 0.00000225. The molecule has 0 amide bonds. The van der Waals surface area contributed by atoms with E-state index in [4.69, 9.17) is 10.5 Å². The molecule has 1 aliphatic heterocycles. The second-order valence-electron chi connectivity index (χ2n) is 4.10. The van der Waals surface area contributed by atoms with Crippen LogP contribution < -0.4 is 5.73 Å². The molecule has 1 saturated heterocycles. The van der Waals surface area contributed by atoms with Crippen LogP contribution in [0, 0.1) is 5.92 Å². The average molecular weight is 341 g/mol. The summed E-state index contributed by atoms with van der Waals surface area (Å²) in [4.78, 5) is 6.22. The number of aliphatic imine (C=N–C) groups is 1. The van der Waals surface area contributed by atoms with Gasteiger partial charge in [0.1, 0.15) is 0 Å². The molecule has 4 nitrogen and oxygen atoms in total. The van der Waals surface area contributed by atoms with Crippen molar-refractivity contribution in [3.63, 3.8) is 0 Å². The van der Waals surface area contributed by atoms with Crippen LogP contribution in [0.2, 0.25) is 0 Å². The van der Waals surface area contributed by atoms with E-state index in [2.05, 4.69) is 4.99 Å². The Morgan fingerprint density at radius 3 is 2.62 bits per heavy atom. The first-order valence-corrected chi connectivity index (χ1v) is 5.82. The summed E-state index contributed by atoms with van der Waals surface area (Å²) in [6.45, 7) is 5.60. The molecule has 5 heteroatoms.